The van der Waals surface area contributed by atoms with Crippen molar-refractivity contribution in [3.8, 4) is 39.9 Å². The lowest BCUT2D eigenvalue weighted by Crippen LogP contribution is -2.22. The second-order valence-electron chi connectivity index (χ2n) is 8.14. The lowest BCUT2D eigenvalue weighted by atomic mass is 10.0. The van der Waals surface area contributed by atoms with Gasteiger partial charge in [-0.2, -0.15) is 0 Å². The fourth-order valence-electron chi connectivity index (χ4n) is 3.97. The van der Waals surface area contributed by atoms with Crippen LogP contribution in [0.1, 0.15) is 15.9 Å². The van der Waals surface area contributed by atoms with Gasteiger partial charge in [0.2, 0.25) is 5.88 Å². The SMILES string of the molecule is COc1ccc(CNC(=O)c2ccc3nc(-c4cc(-c5cccnc5OC)ccc4O)[nH]c3c2)cc1. The molecule has 0 spiro atoms. The normalized spacial score (nSPS) is 10.8. The highest BCUT2D eigenvalue weighted by molar-refractivity contribution is 5.97. The number of rotatable bonds is 7. The number of fused-ring (bicyclic) bond motifs is 1. The zero-order valence-corrected chi connectivity index (χ0v) is 19.8. The predicted octanol–water partition coefficient (Wildman–Crippen LogP) is 4.94. The van der Waals surface area contributed by atoms with Crippen LogP contribution in [0.3, 0.4) is 0 Å². The van der Waals surface area contributed by atoms with Crippen LogP contribution >= 0.6 is 0 Å². The molecule has 36 heavy (non-hydrogen) atoms. The Kier molecular flexibility index (Phi) is 6.23. The average Bonchev–Trinajstić information content (AvgIpc) is 3.35. The molecule has 180 valence electrons. The van der Waals surface area contributed by atoms with E-state index in [0.29, 0.717) is 40.4 Å². The summed E-state index contributed by atoms with van der Waals surface area (Å²) in [5.74, 6) is 1.63. The maximum Gasteiger partial charge on any atom is 0.251 e. The van der Waals surface area contributed by atoms with E-state index >= 15 is 0 Å². The van der Waals surface area contributed by atoms with E-state index in [-0.39, 0.29) is 11.7 Å². The number of carbonyl (C=O) groups is 1. The fourth-order valence-corrected chi connectivity index (χ4v) is 3.97. The number of benzene rings is 3. The van der Waals surface area contributed by atoms with Gasteiger partial charge in [-0.15, -0.1) is 0 Å². The fraction of sp³-hybridized carbons (Fsp3) is 0.107. The Morgan fingerprint density at radius 3 is 2.58 bits per heavy atom. The quantitative estimate of drug-likeness (QED) is 0.304. The van der Waals surface area contributed by atoms with Gasteiger partial charge in [-0.25, -0.2) is 9.97 Å². The molecule has 0 atom stereocenters. The van der Waals surface area contributed by atoms with Gasteiger partial charge in [-0.3, -0.25) is 4.79 Å². The van der Waals surface area contributed by atoms with Crippen LogP contribution in [0.2, 0.25) is 0 Å². The van der Waals surface area contributed by atoms with Gasteiger partial charge in [0.25, 0.3) is 5.91 Å². The first-order valence-corrected chi connectivity index (χ1v) is 11.3. The lowest BCUT2D eigenvalue weighted by Gasteiger charge is -2.09. The van der Waals surface area contributed by atoms with E-state index in [1.54, 1.807) is 50.7 Å². The van der Waals surface area contributed by atoms with E-state index in [4.69, 9.17) is 9.47 Å². The minimum atomic E-state index is -0.197. The molecule has 0 fully saturated rings. The summed E-state index contributed by atoms with van der Waals surface area (Å²) < 4.78 is 10.5. The summed E-state index contributed by atoms with van der Waals surface area (Å²) in [6, 6.07) is 21.8. The molecule has 3 aromatic carbocycles. The van der Waals surface area contributed by atoms with Crippen LogP contribution in [0.4, 0.5) is 0 Å². The van der Waals surface area contributed by atoms with Gasteiger partial charge in [-0.05, 0) is 65.7 Å². The summed E-state index contributed by atoms with van der Waals surface area (Å²) in [7, 11) is 3.18. The molecule has 8 nitrogen and oxygen atoms in total. The van der Waals surface area contributed by atoms with Crippen molar-refractivity contribution in [1.29, 1.82) is 0 Å². The Bertz CT molecular complexity index is 1540. The Labute approximate surface area is 207 Å². The number of aromatic hydroxyl groups is 1. The molecule has 0 saturated heterocycles. The monoisotopic (exact) mass is 480 g/mol. The number of hydrogen-bond acceptors (Lipinski definition) is 6. The van der Waals surface area contributed by atoms with Crippen LogP contribution in [-0.4, -0.2) is 40.2 Å². The van der Waals surface area contributed by atoms with Crippen LogP contribution < -0.4 is 14.8 Å². The van der Waals surface area contributed by atoms with Crippen molar-refractivity contribution < 1.29 is 19.4 Å². The number of amides is 1. The van der Waals surface area contributed by atoms with Crippen LogP contribution in [0.5, 0.6) is 17.4 Å². The predicted molar refractivity (Wildman–Crippen MR) is 137 cm³/mol. The third-order valence-corrected chi connectivity index (χ3v) is 5.88. The molecule has 8 heteroatoms. The Hall–Kier alpha value is -4.85. The molecule has 0 unspecified atom stereocenters. The molecule has 0 aliphatic rings. The second-order valence-corrected chi connectivity index (χ2v) is 8.14. The van der Waals surface area contributed by atoms with Crippen molar-refractivity contribution in [3.63, 3.8) is 0 Å². The maximum atomic E-state index is 12.7. The second kappa shape index (κ2) is 9.79. The molecule has 0 aliphatic carbocycles. The average molecular weight is 481 g/mol. The highest BCUT2D eigenvalue weighted by atomic mass is 16.5. The van der Waals surface area contributed by atoms with Gasteiger partial charge in [0.05, 0.1) is 30.8 Å². The summed E-state index contributed by atoms with van der Waals surface area (Å²) in [5, 5.41) is 13.5. The van der Waals surface area contributed by atoms with Gasteiger partial charge in [0.1, 0.15) is 17.3 Å². The standard InChI is InChI=1S/C28H24N4O4/c1-35-20-9-5-17(6-10-20)16-30-27(34)19-7-11-23-24(15-19)32-26(31-23)22-14-18(8-12-25(22)33)21-4-3-13-29-28(21)36-2/h3-15,33H,16H2,1-2H3,(H,30,34)(H,31,32). The Morgan fingerprint density at radius 1 is 0.972 bits per heavy atom. The Balaban J connectivity index is 1.40. The summed E-state index contributed by atoms with van der Waals surface area (Å²) in [6.45, 7) is 0.396. The molecule has 5 aromatic rings. The van der Waals surface area contributed by atoms with Gasteiger partial charge < -0.3 is 24.9 Å². The van der Waals surface area contributed by atoms with Crippen molar-refractivity contribution in [1.82, 2.24) is 20.3 Å². The molecular formula is C28H24N4O4. The van der Waals surface area contributed by atoms with Crippen LogP contribution in [-0.2, 0) is 6.54 Å². The highest BCUT2D eigenvalue weighted by Gasteiger charge is 2.15. The van der Waals surface area contributed by atoms with E-state index < -0.39 is 0 Å². The van der Waals surface area contributed by atoms with Crippen LogP contribution in [0.25, 0.3) is 33.5 Å². The first kappa shape index (κ1) is 22.9. The number of aromatic nitrogens is 3. The number of H-pyrrole nitrogens is 1. The zero-order chi connectivity index (χ0) is 25.1. The number of nitrogens with zero attached hydrogens (tertiary/aromatic N) is 2. The van der Waals surface area contributed by atoms with Crippen molar-refractivity contribution in [3.05, 3.63) is 90.1 Å². The van der Waals surface area contributed by atoms with Crippen LogP contribution in [0.15, 0.2) is 79.0 Å². The van der Waals surface area contributed by atoms with E-state index in [0.717, 1.165) is 22.4 Å². The molecule has 3 N–H and O–H groups in total. The number of nitrogens with one attached hydrogen (secondary N) is 2. The topological polar surface area (TPSA) is 109 Å². The van der Waals surface area contributed by atoms with E-state index in [1.807, 2.05) is 42.5 Å². The minimum Gasteiger partial charge on any atom is -0.507 e. The minimum absolute atomic E-state index is 0.0816. The number of methoxy groups -OCH3 is 2. The van der Waals surface area contributed by atoms with Crippen molar-refractivity contribution in [2.45, 2.75) is 6.54 Å². The van der Waals surface area contributed by atoms with Crippen molar-refractivity contribution >= 4 is 16.9 Å². The highest BCUT2D eigenvalue weighted by Crippen LogP contribution is 2.35. The number of imidazole rings is 1. The van der Waals surface area contributed by atoms with Gasteiger partial charge in [0.15, 0.2) is 0 Å². The number of phenolic OH excluding ortho intramolecular Hbond substituents is 1. The van der Waals surface area contributed by atoms with E-state index in [2.05, 4.69) is 20.3 Å². The number of carbonyl (C=O) groups excluding carboxylic acids is 1. The largest absolute Gasteiger partial charge is 0.507 e. The van der Waals surface area contributed by atoms with E-state index in [1.165, 1.54) is 0 Å². The molecule has 0 aliphatic heterocycles. The first-order valence-electron chi connectivity index (χ1n) is 11.3. The number of pyridine rings is 1. The molecule has 0 bridgehead atoms. The summed E-state index contributed by atoms with van der Waals surface area (Å²) >= 11 is 0. The van der Waals surface area contributed by atoms with Crippen molar-refractivity contribution in [2.75, 3.05) is 14.2 Å². The van der Waals surface area contributed by atoms with Gasteiger partial charge >= 0.3 is 0 Å². The van der Waals surface area contributed by atoms with E-state index in [9.17, 15) is 9.90 Å². The number of ether oxygens (including phenoxy) is 2. The lowest BCUT2D eigenvalue weighted by molar-refractivity contribution is 0.0951. The summed E-state index contributed by atoms with van der Waals surface area (Å²) in [6.07, 6.45) is 1.66. The number of phenols is 1. The molecule has 5 rings (SSSR count). The smallest absolute Gasteiger partial charge is 0.251 e. The molecule has 2 heterocycles. The summed E-state index contributed by atoms with van der Waals surface area (Å²) in [4.78, 5) is 24.9. The molecule has 0 radical (unpaired) electrons. The third kappa shape index (κ3) is 4.56. The maximum absolute atomic E-state index is 12.7. The Morgan fingerprint density at radius 2 is 1.81 bits per heavy atom. The van der Waals surface area contributed by atoms with Crippen molar-refractivity contribution in [2.24, 2.45) is 0 Å². The molecule has 2 aromatic heterocycles. The molecular weight excluding hydrogens is 456 g/mol. The summed E-state index contributed by atoms with van der Waals surface area (Å²) in [5.41, 5.74) is 4.99. The number of hydrogen-bond donors (Lipinski definition) is 3. The van der Waals surface area contributed by atoms with Gasteiger partial charge in [0, 0.05) is 23.9 Å². The zero-order valence-electron chi connectivity index (χ0n) is 19.8. The molecule has 1 amide bonds. The van der Waals surface area contributed by atoms with Crippen LogP contribution in [0, 0.1) is 0 Å². The molecule has 0 saturated carbocycles. The van der Waals surface area contributed by atoms with Gasteiger partial charge in [-0.1, -0.05) is 18.2 Å². The first-order chi connectivity index (χ1) is 17.6. The third-order valence-electron chi connectivity index (χ3n) is 5.88. The number of aromatic amines is 1.